The van der Waals surface area contributed by atoms with Gasteiger partial charge in [-0.2, -0.15) is 0 Å². The molecule has 0 aliphatic carbocycles. The van der Waals surface area contributed by atoms with Gasteiger partial charge in [-0.15, -0.1) is 0 Å². The summed E-state index contributed by atoms with van der Waals surface area (Å²) in [6.45, 7) is 2.33. The zero-order valence-corrected chi connectivity index (χ0v) is 14.5. The first-order valence-corrected chi connectivity index (χ1v) is 8.28. The van der Waals surface area contributed by atoms with E-state index in [2.05, 4.69) is 4.98 Å². The first-order valence-electron chi connectivity index (χ1n) is 7.46. The minimum Gasteiger partial charge on any atom is -0.465 e. The molecule has 3 rings (SSSR count). The molecule has 0 saturated carbocycles. The maximum Gasteiger partial charge on any atom is 0.349 e. The van der Waals surface area contributed by atoms with Crippen molar-refractivity contribution in [2.45, 2.75) is 6.92 Å². The summed E-state index contributed by atoms with van der Waals surface area (Å²) < 4.78 is 6.67. The maximum atomic E-state index is 13.0. The van der Waals surface area contributed by atoms with E-state index >= 15 is 0 Å². The molecular weight excluding hydrogens is 326 g/mol. The second-order valence-electron chi connectivity index (χ2n) is 5.21. The van der Waals surface area contributed by atoms with Gasteiger partial charge in [-0.25, -0.2) is 9.78 Å². The summed E-state index contributed by atoms with van der Waals surface area (Å²) in [6, 6.07) is 7.58. The second kappa shape index (κ2) is 6.45. The summed E-state index contributed by atoms with van der Waals surface area (Å²) in [5, 5.41) is 1.38. The van der Waals surface area contributed by atoms with Crippen molar-refractivity contribution >= 4 is 39.2 Å². The van der Waals surface area contributed by atoms with E-state index in [1.165, 1.54) is 13.3 Å². The molecule has 0 fully saturated rings. The van der Waals surface area contributed by atoms with Gasteiger partial charge in [0.2, 0.25) is 0 Å². The number of nitrogens with zero attached hydrogens (tertiary/aromatic N) is 3. The number of amides is 1. The van der Waals surface area contributed by atoms with Gasteiger partial charge in [0, 0.05) is 36.3 Å². The summed E-state index contributed by atoms with van der Waals surface area (Å²) >= 11 is 1.15. The van der Waals surface area contributed by atoms with E-state index in [4.69, 9.17) is 4.74 Å². The van der Waals surface area contributed by atoms with Gasteiger partial charge < -0.3 is 9.30 Å². The molecule has 24 heavy (non-hydrogen) atoms. The zero-order valence-electron chi connectivity index (χ0n) is 13.6. The number of benzene rings is 1. The van der Waals surface area contributed by atoms with E-state index in [9.17, 15) is 9.59 Å². The van der Waals surface area contributed by atoms with Crippen LogP contribution in [0.1, 0.15) is 27.0 Å². The van der Waals surface area contributed by atoms with Gasteiger partial charge >= 0.3 is 5.97 Å². The molecule has 6 nitrogen and oxygen atoms in total. The fourth-order valence-corrected chi connectivity index (χ4v) is 3.48. The van der Waals surface area contributed by atoms with E-state index in [1.807, 2.05) is 49.0 Å². The van der Waals surface area contributed by atoms with Crippen LogP contribution in [0.15, 0.2) is 36.7 Å². The number of anilines is 1. The average Bonchev–Trinajstić information content (AvgIpc) is 3.22. The van der Waals surface area contributed by atoms with Crippen LogP contribution in [0.2, 0.25) is 0 Å². The van der Waals surface area contributed by atoms with Crippen LogP contribution in [0.3, 0.4) is 0 Å². The minimum absolute atomic E-state index is 0.139. The van der Waals surface area contributed by atoms with Gasteiger partial charge in [-0.05, 0) is 25.1 Å². The monoisotopic (exact) mass is 343 g/mol. The van der Waals surface area contributed by atoms with Crippen LogP contribution < -0.4 is 4.90 Å². The number of hydrogen-bond donors (Lipinski definition) is 0. The Labute approximate surface area is 143 Å². The fourth-order valence-electron chi connectivity index (χ4n) is 2.58. The van der Waals surface area contributed by atoms with Gasteiger partial charge in [-0.1, -0.05) is 17.4 Å². The van der Waals surface area contributed by atoms with Crippen LogP contribution in [-0.2, 0) is 11.8 Å². The number of fused-ring (bicyclic) bond motifs is 1. The van der Waals surface area contributed by atoms with Gasteiger partial charge in [-0.3, -0.25) is 9.69 Å². The highest BCUT2D eigenvalue weighted by Crippen LogP contribution is 2.27. The highest BCUT2D eigenvalue weighted by molar-refractivity contribution is 7.17. The van der Waals surface area contributed by atoms with E-state index in [0.717, 1.165) is 22.2 Å². The van der Waals surface area contributed by atoms with Crippen molar-refractivity contribution in [3.05, 3.63) is 47.1 Å². The van der Waals surface area contributed by atoms with Crippen molar-refractivity contribution in [3.63, 3.8) is 0 Å². The summed E-state index contributed by atoms with van der Waals surface area (Å²) in [5.74, 6) is -0.590. The van der Waals surface area contributed by atoms with Crippen molar-refractivity contribution in [2.24, 2.45) is 7.05 Å². The Balaban J connectivity index is 1.99. The lowest BCUT2D eigenvalue weighted by Gasteiger charge is -2.18. The molecule has 0 unspecified atom stereocenters. The lowest BCUT2D eigenvalue weighted by molar-refractivity contribution is 0.0606. The van der Waals surface area contributed by atoms with Crippen molar-refractivity contribution in [1.29, 1.82) is 0 Å². The highest BCUT2D eigenvalue weighted by Gasteiger charge is 2.22. The summed E-state index contributed by atoms with van der Waals surface area (Å²) in [6.07, 6.45) is 3.36. The molecule has 0 saturated heterocycles. The van der Waals surface area contributed by atoms with Crippen LogP contribution in [0.25, 0.3) is 10.9 Å². The first kappa shape index (κ1) is 16.2. The van der Waals surface area contributed by atoms with Gasteiger partial charge in [0.15, 0.2) is 5.13 Å². The Morgan fingerprint density at radius 1 is 1.33 bits per heavy atom. The average molecular weight is 343 g/mol. The Hall–Kier alpha value is -2.67. The number of carbonyl (C=O) groups is 2. The van der Waals surface area contributed by atoms with Gasteiger partial charge in [0.25, 0.3) is 5.91 Å². The van der Waals surface area contributed by atoms with E-state index in [-0.39, 0.29) is 5.91 Å². The predicted molar refractivity (Wildman–Crippen MR) is 93.7 cm³/mol. The molecule has 2 aromatic heterocycles. The Bertz CT molecular complexity index is 913. The number of thiazole rings is 1. The lowest BCUT2D eigenvalue weighted by atomic mass is 10.1. The maximum absolute atomic E-state index is 13.0. The number of ether oxygens (including phenoxy) is 1. The summed E-state index contributed by atoms with van der Waals surface area (Å²) in [4.78, 5) is 30.8. The zero-order chi connectivity index (χ0) is 17.3. The Morgan fingerprint density at radius 2 is 2.12 bits per heavy atom. The third kappa shape index (κ3) is 2.67. The van der Waals surface area contributed by atoms with E-state index in [1.54, 1.807) is 4.90 Å². The third-order valence-corrected chi connectivity index (χ3v) is 4.83. The standard InChI is InChI=1S/C17H17N3O3S/c1-4-20(17-18-10-14(24-17)16(22)23-3)15(21)12-6-5-7-13-11(12)8-9-19(13)2/h5-10H,4H2,1-3H3. The van der Waals surface area contributed by atoms with Crippen LogP contribution in [0.5, 0.6) is 0 Å². The van der Waals surface area contributed by atoms with Crippen molar-refractivity contribution < 1.29 is 14.3 Å². The minimum atomic E-state index is -0.451. The van der Waals surface area contributed by atoms with Crippen molar-refractivity contribution in [3.8, 4) is 0 Å². The second-order valence-corrected chi connectivity index (χ2v) is 6.22. The van der Waals surface area contributed by atoms with Crippen LogP contribution in [-0.4, -0.2) is 35.1 Å². The normalized spacial score (nSPS) is 10.8. The summed E-state index contributed by atoms with van der Waals surface area (Å²) in [7, 11) is 3.26. The molecule has 0 aliphatic rings. The van der Waals surface area contributed by atoms with Crippen molar-refractivity contribution in [1.82, 2.24) is 9.55 Å². The van der Waals surface area contributed by atoms with Crippen LogP contribution >= 0.6 is 11.3 Å². The molecule has 2 heterocycles. The molecule has 0 atom stereocenters. The third-order valence-electron chi connectivity index (χ3n) is 3.83. The van der Waals surface area contributed by atoms with E-state index < -0.39 is 5.97 Å². The Kier molecular flexibility index (Phi) is 4.35. The molecule has 124 valence electrons. The van der Waals surface area contributed by atoms with Crippen LogP contribution in [0, 0.1) is 0 Å². The van der Waals surface area contributed by atoms with Gasteiger partial charge in [0.05, 0.1) is 13.3 Å². The molecular formula is C17H17N3O3S. The number of carbonyl (C=O) groups excluding carboxylic acids is 2. The van der Waals surface area contributed by atoms with Gasteiger partial charge in [0.1, 0.15) is 4.88 Å². The molecule has 0 spiro atoms. The molecule has 0 radical (unpaired) electrons. The van der Waals surface area contributed by atoms with E-state index in [0.29, 0.717) is 22.1 Å². The topological polar surface area (TPSA) is 64.4 Å². The smallest absolute Gasteiger partial charge is 0.349 e. The number of rotatable bonds is 4. The van der Waals surface area contributed by atoms with Crippen LogP contribution in [0.4, 0.5) is 5.13 Å². The molecule has 7 heteroatoms. The predicted octanol–water partition coefficient (Wildman–Crippen LogP) is 3.09. The lowest BCUT2D eigenvalue weighted by Crippen LogP contribution is -2.30. The number of aromatic nitrogens is 2. The molecule has 1 aromatic carbocycles. The highest BCUT2D eigenvalue weighted by atomic mass is 32.1. The Morgan fingerprint density at radius 3 is 2.83 bits per heavy atom. The van der Waals surface area contributed by atoms with Crippen molar-refractivity contribution in [2.75, 3.05) is 18.6 Å². The SMILES string of the molecule is CCN(C(=O)c1cccc2c1ccn2C)c1ncc(C(=O)OC)s1. The first-order chi connectivity index (χ1) is 11.6. The summed E-state index contributed by atoms with van der Waals surface area (Å²) in [5.41, 5.74) is 1.61. The largest absolute Gasteiger partial charge is 0.465 e. The molecule has 0 N–H and O–H groups in total. The molecule has 0 aliphatic heterocycles. The number of hydrogen-bond acceptors (Lipinski definition) is 5. The molecule has 1 amide bonds. The molecule has 3 aromatic rings. The number of esters is 1. The number of aryl methyl sites for hydroxylation is 1. The number of methoxy groups -OCH3 is 1. The quantitative estimate of drug-likeness (QED) is 0.683. The molecule has 0 bridgehead atoms. The fraction of sp³-hybridized carbons (Fsp3) is 0.235.